The Hall–Kier alpha value is -3.05. The van der Waals surface area contributed by atoms with E-state index >= 15 is 0 Å². The lowest BCUT2D eigenvalue weighted by Gasteiger charge is -2.35. The van der Waals surface area contributed by atoms with Gasteiger partial charge in [0.1, 0.15) is 11.6 Å². The molecule has 0 saturated carbocycles. The van der Waals surface area contributed by atoms with E-state index in [1.807, 2.05) is 36.4 Å². The first kappa shape index (κ1) is 28.9. The molecular weight excluding hydrogens is 585 g/mol. The molecular formula is C29H31BrFN3O4S. The molecule has 1 amide bonds. The van der Waals surface area contributed by atoms with Gasteiger partial charge >= 0.3 is 0 Å². The molecule has 1 heterocycles. The van der Waals surface area contributed by atoms with Crippen LogP contribution in [0.3, 0.4) is 0 Å². The highest BCUT2D eigenvalue weighted by molar-refractivity contribution is 9.10. The average Bonchev–Trinajstić information content (AvgIpc) is 2.95. The number of methoxy groups -OCH3 is 1. The van der Waals surface area contributed by atoms with Gasteiger partial charge in [0, 0.05) is 61.4 Å². The average molecular weight is 617 g/mol. The van der Waals surface area contributed by atoms with E-state index in [0.717, 1.165) is 15.8 Å². The number of carbonyl (C=O) groups is 1. The van der Waals surface area contributed by atoms with Gasteiger partial charge in [-0.1, -0.05) is 46.3 Å². The fourth-order valence-electron chi connectivity index (χ4n) is 4.37. The topological polar surface area (TPSA) is 70.2 Å². The molecule has 1 fully saturated rings. The number of piperazine rings is 1. The minimum Gasteiger partial charge on any atom is -0.496 e. The first-order valence-electron chi connectivity index (χ1n) is 12.6. The maximum absolute atomic E-state index is 13.4. The maximum Gasteiger partial charge on any atom is 0.254 e. The van der Waals surface area contributed by atoms with E-state index in [2.05, 4.69) is 20.8 Å². The van der Waals surface area contributed by atoms with Crippen molar-refractivity contribution in [2.75, 3.05) is 52.9 Å². The normalized spacial score (nSPS) is 14.9. The smallest absolute Gasteiger partial charge is 0.254 e. The van der Waals surface area contributed by atoms with Gasteiger partial charge in [0.25, 0.3) is 5.91 Å². The highest BCUT2D eigenvalue weighted by Gasteiger charge is 2.28. The molecule has 10 heteroatoms. The van der Waals surface area contributed by atoms with Crippen molar-refractivity contribution in [1.29, 1.82) is 0 Å². The Bertz CT molecular complexity index is 1390. The van der Waals surface area contributed by atoms with E-state index in [0.29, 0.717) is 51.4 Å². The summed E-state index contributed by atoms with van der Waals surface area (Å²) < 4.78 is 47.2. The van der Waals surface area contributed by atoms with Crippen LogP contribution in [0.2, 0.25) is 0 Å². The number of sulfonamides is 1. The first-order valence-corrected chi connectivity index (χ1v) is 14.8. The summed E-state index contributed by atoms with van der Waals surface area (Å²) in [4.78, 5) is 17.4. The van der Waals surface area contributed by atoms with Crippen molar-refractivity contribution in [2.24, 2.45) is 0 Å². The summed E-state index contributed by atoms with van der Waals surface area (Å²) in [5.41, 5.74) is 1.31. The van der Waals surface area contributed by atoms with Crippen molar-refractivity contribution in [3.63, 3.8) is 0 Å². The number of rotatable bonds is 10. The highest BCUT2D eigenvalue weighted by Crippen LogP contribution is 2.21. The monoisotopic (exact) mass is 615 g/mol. The molecule has 206 valence electrons. The van der Waals surface area contributed by atoms with Gasteiger partial charge in [-0.15, -0.1) is 0 Å². The summed E-state index contributed by atoms with van der Waals surface area (Å²) in [7, 11) is -1.95. The van der Waals surface area contributed by atoms with Crippen LogP contribution in [0.25, 0.3) is 6.08 Å². The lowest BCUT2D eigenvalue weighted by molar-refractivity contribution is 0.0745. The van der Waals surface area contributed by atoms with Gasteiger partial charge in [-0.2, -0.15) is 4.31 Å². The second kappa shape index (κ2) is 13.3. The minimum atomic E-state index is -3.56. The van der Waals surface area contributed by atoms with E-state index in [1.165, 1.54) is 28.6 Å². The molecule has 1 aliphatic heterocycles. The van der Waals surface area contributed by atoms with Gasteiger partial charge in [0.05, 0.1) is 12.0 Å². The number of hydrogen-bond acceptors (Lipinski definition) is 5. The molecule has 0 aromatic heterocycles. The van der Waals surface area contributed by atoms with E-state index in [9.17, 15) is 17.6 Å². The fraction of sp³-hybridized carbons (Fsp3) is 0.276. The van der Waals surface area contributed by atoms with E-state index in [1.54, 1.807) is 36.3 Å². The van der Waals surface area contributed by atoms with Gasteiger partial charge in [-0.25, -0.2) is 12.8 Å². The maximum atomic E-state index is 13.4. The predicted molar refractivity (Wildman–Crippen MR) is 154 cm³/mol. The summed E-state index contributed by atoms with van der Waals surface area (Å²) in [5.74, 6) is 0.141. The lowest BCUT2D eigenvalue weighted by atomic mass is 10.1. The molecule has 0 radical (unpaired) electrons. The van der Waals surface area contributed by atoms with Crippen LogP contribution in [-0.4, -0.2) is 81.4 Å². The van der Waals surface area contributed by atoms with Crippen molar-refractivity contribution in [2.45, 2.75) is 4.90 Å². The Balaban J connectivity index is 1.39. The number of amides is 1. The zero-order valence-corrected chi connectivity index (χ0v) is 24.1. The summed E-state index contributed by atoms with van der Waals surface area (Å²) in [6, 6.07) is 19.8. The SMILES string of the molecule is COc1ccccc1/C=C/CN(CCN1CCN(S(=O)(=O)c2ccc(Br)cc2)CC1)C(=O)c1ccc(F)cc1. The van der Waals surface area contributed by atoms with Crippen LogP contribution in [0.4, 0.5) is 4.39 Å². The number of carbonyl (C=O) groups excluding carboxylic acids is 1. The number of benzene rings is 3. The third-order valence-electron chi connectivity index (χ3n) is 6.61. The summed E-state index contributed by atoms with van der Waals surface area (Å²) in [5, 5.41) is 0. The van der Waals surface area contributed by atoms with Crippen molar-refractivity contribution >= 4 is 37.9 Å². The number of nitrogens with zero attached hydrogens (tertiary/aromatic N) is 3. The summed E-state index contributed by atoms with van der Waals surface area (Å²) in [6.45, 7) is 3.24. The molecule has 39 heavy (non-hydrogen) atoms. The van der Waals surface area contributed by atoms with Gasteiger partial charge in [-0.3, -0.25) is 9.69 Å². The standard InChI is InChI=1S/C29H31BrFN3O4S/c1-38-28-7-3-2-5-23(28)6-4-16-33(29(35)24-8-12-26(31)13-9-24)20-17-32-18-21-34(22-19-32)39(36,37)27-14-10-25(30)11-15-27/h2-15H,16-22H2,1H3/b6-4+. The number of para-hydroxylation sites is 1. The van der Waals surface area contributed by atoms with Crippen LogP contribution < -0.4 is 4.74 Å². The minimum absolute atomic E-state index is 0.198. The van der Waals surface area contributed by atoms with Gasteiger partial charge < -0.3 is 9.64 Å². The largest absolute Gasteiger partial charge is 0.496 e. The molecule has 1 saturated heterocycles. The van der Waals surface area contributed by atoms with Crippen LogP contribution in [0.1, 0.15) is 15.9 Å². The molecule has 3 aromatic rings. The highest BCUT2D eigenvalue weighted by atomic mass is 79.9. The molecule has 0 N–H and O–H groups in total. The quantitative estimate of drug-likeness (QED) is 0.329. The second-order valence-corrected chi connectivity index (χ2v) is 12.0. The third kappa shape index (κ3) is 7.54. The third-order valence-corrected chi connectivity index (χ3v) is 9.05. The molecule has 0 aliphatic carbocycles. The molecule has 0 atom stereocenters. The second-order valence-electron chi connectivity index (χ2n) is 9.10. The van der Waals surface area contributed by atoms with Crippen molar-refractivity contribution in [3.05, 3.63) is 100 Å². The van der Waals surface area contributed by atoms with Crippen LogP contribution in [0, 0.1) is 5.82 Å². The molecule has 7 nitrogen and oxygen atoms in total. The van der Waals surface area contributed by atoms with Crippen LogP contribution >= 0.6 is 15.9 Å². The summed E-state index contributed by atoms with van der Waals surface area (Å²) >= 11 is 3.34. The van der Waals surface area contributed by atoms with Crippen molar-refractivity contribution < 1.29 is 22.3 Å². The number of ether oxygens (including phenoxy) is 1. The van der Waals surface area contributed by atoms with E-state index in [4.69, 9.17) is 4.74 Å². The Morgan fingerprint density at radius 1 is 1.00 bits per heavy atom. The Kier molecular flexibility index (Phi) is 9.90. The zero-order chi connectivity index (χ0) is 27.8. The lowest BCUT2D eigenvalue weighted by Crippen LogP contribution is -2.50. The molecule has 1 aliphatic rings. The van der Waals surface area contributed by atoms with Crippen LogP contribution in [0.5, 0.6) is 5.75 Å². The van der Waals surface area contributed by atoms with Crippen LogP contribution in [-0.2, 0) is 10.0 Å². The summed E-state index contributed by atoms with van der Waals surface area (Å²) in [6.07, 6.45) is 3.82. The fourth-order valence-corrected chi connectivity index (χ4v) is 6.06. The van der Waals surface area contributed by atoms with Crippen molar-refractivity contribution in [1.82, 2.24) is 14.1 Å². The van der Waals surface area contributed by atoms with Gasteiger partial charge in [-0.05, 0) is 54.6 Å². The van der Waals surface area contributed by atoms with Gasteiger partial charge in [0.2, 0.25) is 10.0 Å². The predicted octanol–water partition coefficient (Wildman–Crippen LogP) is 4.76. The molecule has 0 bridgehead atoms. The molecule has 0 unspecified atom stereocenters. The molecule has 0 spiro atoms. The Morgan fingerprint density at radius 3 is 2.33 bits per heavy atom. The van der Waals surface area contributed by atoms with Crippen LogP contribution in [0.15, 0.2) is 88.2 Å². The van der Waals surface area contributed by atoms with E-state index < -0.39 is 15.8 Å². The number of halogens is 2. The molecule has 3 aromatic carbocycles. The molecule has 4 rings (SSSR count). The van der Waals surface area contributed by atoms with E-state index in [-0.39, 0.29) is 10.8 Å². The Labute approximate surface area is 237 Å². The van der Waals surface area contributed by atoms with Gasteiger partial charge in [0.15, 0.2) is 0 Å². The van der Waals surface area contributed by atoms with Crippen molar-refractivity contribution in [3.8, 4) is 5.75 Å². The zero-order valence-electron chi connectivity index (χ0n) is 21.7. The Morgan fingerprint density at radius 2 is 1.67 bits per heavy atom. The number of hydrogen-bond donors (Lipinski definition) is 0. The first-order chi connectivity index (χ1) is 18.8.